The monoisotopic (exact) mass is 668 g/mol. The van der Waals surface area contributed by atoms with Crippen molar-refractivity contribution in [1.82, 2.24) is 24.1 Å². The second-order valence-corrected chi connectivity index (χ2v) is 13.0. The van der Waals surface area contributed by atoms with E-state index in [1.54, 1.807) is 0 Å². The van der Waals surface area contributed by atoms with Gasteiger partial charge in [-0.3, -0.25) is 9.13 Å². The first-order chi connectivity index (χ1) is 25.7. The summed E-state index contributed by atoms with van der Waals surface area (Å²) in [5.74, 6) is 1.72. The summed E-state index contributed by atoms with van der Waals surface area (Å²) in [4.78, 5) is 18.0. The second kappa shape index (κ2) is 12.1. The average Bonchev–Trinajstić information content (AvgIpc) is 3.74. The van der Waals surface area contributed by atoms with Gasteiger partial charge in [-0.15, -0.1) is 0 Å². The zero-order valence-electron chi connectivity index (χ0n) is 28.3. The molecule has 4 heterocycles. The summed E-state index contributed by atoms with van der Waals surface area (Å²) in [6.07, 6.45) is 8.36. The van der Waals surface area contributed by atoms with Crippen molar-refractivity contribution in [2.45, 2.75) is 0 Å². The lowest BCUT2D eigenvalue weighted by Gasteiger charge is -2.26. The Labute approximate surface area is 300 Å². The van der Waals surface area contributed by atoms with Crippen molar-refractivity contribution in [2.24, 2.45) is 0 Å². The van der Waals surface area contributed by atoms with Crippen molar-refractivity contribution >= 4 is 60.6 Å². The molecule has 1 aliphatic heterocycles. The number of hydrogen-bond acceptors (Lipinski definition) is 4. The largest absolute Gasteiger partial charge is 0.337 e. The molecule has 0 saturated heterocycles. The van der Waals surface area contributed by atoms with E-state index in [2.05, 4.69) is 191 Å². The minimum absolute atomic E-state index is 0.563. The number of anilines is 2. The van der Waals surface area contributed by atoms with Gasteiger partial charge in [-0.25, -0.2) is 0 Å². The molecular weight excluding hydrogens is 637 g/mol. The van der Waals surface area contributed by atoms with E-state index in [0.717, 1.165) is 78.2 Å². The average molecular weight is 669 g/mol. The van der Waals surface area contributed by atoms with Crippen LogP contribution in [0.4, 0.5) is 11.4 Å². The summed E-state index contributed by atoms with van der Waals surface area (Å²) < 4.78 is 4.32. The molecule has 6 nitrogen and oxygen atoms in total. The molecule has 0 fully saturated rings. The van der Waals surface area contributed by atoms with Gasteiger partial charge in [0.25, 0.3) is 0 Å². The maximum absolute atomic E-state index is 5.27. The third kappa shape index (κ3) is 4.76. The minimum Gasteiger partial charge on any atom is -0.337 e. The van der Waals surface area contributed by atoms with Crippen molar-refractivity contribution in [3.05, 3.63) is 182 Å². The number of allylic oxidation sites excluding steroid dienone is 4. The third-order valence-corrected chi connectivity index (χ3v) is 9.98. The van der Waals surface area contributed by atoms with Crippen LogP contribution in [-0.4, -0.2) is 30.6 Å². The van der Waals surface area contributed by atoms with E-state index in [4.69, 9.17) is 15.0 Å². The van der Waals surface area contributed by atoms with E-state index in [1.807, 2.05) is 0 Å². The van der Waals surface area contributed by atoms with Gasteiger partial charge in [-0.1, -0.05) is 122 Å². The molecular formula is C46H32N6. The molecule has 9 aromatic rings. The highest BCUT2D eigenvalue weighted by atomic mass is 15.3. The van der Waals surface area contributed by atoms with E-state index < -0.39 is 0 Å². The predicted octanol–water partition coefficient (Wildman–Crippen LogP) is 11.0. The Hall–Kier alpha value is -7.05. The van der Waals surface area contributed by atoms with E-state index in [0.29, 0.717) is 17.7 Å². The number of aromatic nitrogens is 5. The number of benzene rings is 6. The van der Waals surface area contributed by atoms with Crippen molar-refractivity contribution in [2.75, 3.05) is 11.4 Å². The van der Waals surface area contributed by atoms with Crippen molar-refractivity contribution in [3.8, 4) is 23.3 Å². The highest BCUT2D eigenvalue weighted by molar-refractivity contribution is 6.10. The van der Waals surface area contributed by atoms with Crippen LogP contribution in [0, 0.1) is 0 Å². The topological polar surface area (TPSA) is 51.8 Å². The van der Waals surface area contributed by atoms with Gasteiger partial charge in [0.15, 0.2) is 5.82 Å². The standard InChI is InChI=1S/C46H32N6/c1-31-15-3-2-14-30-50(39-21-9-4-16-34(31)39)33-28-26-32(27-29-33)44-47-45(51-40-22-10-5-17-35(40)36-18-6-11-23-41(36)51)49-46(48-44)52-42-24-12-7-19-37(42)38-20-8-13-25-43(38)52/h2-29H,1,30H2/b14-2-,15-3-. The fourth-order valence-electron chi connectivity index (χ4n) is 7.58. The van der Waals surface area contributed by atoms with Gasteiger partial charge in [0, 0.05) is 50.6 Å². The summed E-state index contributed by atoms with van der Waals surface area (Å²) in [6.45, 7) is 5.06. The van der Waals surface area contributed by atoms with Gasteiger partial charge in [0.2, 0.25) is 11.9 Å². The Morgan fingerprint density at radius 1 is 0.481 bits per heavy atom. The summed E-state index contributed by atoms with van der Waals surface area (Å²) >= 11 is 0. The molecule has 0 amide bonds. The van der Waals surface area contributed by atoms with Gasteiger partial charge in [-0.05, 0) is 60.2 Å². The SMILES string of the molecule is C=C1/C=C\C=C/CN(c2ccc(-c3nc(-n4c5ccccc5c5ccccc54)nc(-n4c5ccccc5c5ccccc54)n3)cc2)c2ccccc21. The van der Waals surface area contributed by atoms with Gasteiger partial charge in [-0.2, -0.15) is 15.0 Å². The molecule has 3 aromatic heterocycles. The molecule has 0 aliphatic carbocycles. The lowest BCUT2D eigenvalue weighted by atomic mass is 10.0. The Balaban J connectivity index is 1.19. The molecule has 0 bridgehead atoms. The van der Waals surface area contributed by atoms with E-state index >= 15 is 0 Å². The summed E-state index contributed by atoms with van der Waals surface area (Å²) in [5, 5.41) is 4.61. The zero-order valence-corrected chi connectivity index (χ0v) is 28.3. The van der Waals surface area contributed by atoms with E-state index in [-0.39, 0.29) is 0 Å². The second-order valence-electron chi connectivity index (χ2n) is 13.0. The first-order valence-corrected chi connectivity index (χ1v) is 17.5. The number of nitrogens with zero attached hydrogens (tertiary/aromatic N) is 6. The van der Waals surface area contributed by atoms with Gasteiger partial charge >= 0.3 is 0 Å². The molecule has 0 N–H and O–H groups in total. The molecule has 0 spiro atoms. The van der Waals surface area contributed by atoms with Crippen molar-refractivity contribution < 1.29 is 0 Å². The van der Waals surface area contributed by atoms with E-state index in [1.165, 1.54) is 0 Å². The number of fused-ring (bicyclic) bond motifs is 7. The summed E-state index contributed by atoms with van der Waals surface area (Å²) in [5.41, 5.74) is 9.32. The molecule has 0 radical (unpaired) electrons. The predicted molar refractivity (Wildman–Crippen MR) is 215 cm³/mol. The fraction of sp³-hybridized carbons (Fsp3) is 0.0217. The maximum atomic E-state index is 5.27. The molecule has 52 heavy (non-hydrogen) atoms. The van der Waals surface area contributed by atoms with Crippen LogP contribution in [-0.2, 0) is 0 Å². The van der Waals surface area contributed by atoms with Crippen LogP contribution in [0.2, 0.25) is 0 Å². The zero-order chi connectivity index (χ0) is 34.6. The normalized spacial score (nSPS) is 14.4. The molecule has 6 heteroatoms. The van der Waals surface area contributed by atoms with Crippen LogP contribution >= 0.6 is 0 Å². The quantitative estimate of drug-likeness (QED) is 0.187. The highest BCUT2D eigenvalue weighted by Crippen LogP contribution is 2.36. The summed E-state index contributed by atoms with van der Waals surface area (Å²) in [6, 6.07) is 50.7. The van der Waals surface area contributed by atoms with Gasteiger partial charge in [0.05, 0.1) is 22.1 Å². The Morgan fingerprint density at radius 3 is 1.50 bits per heavy atom. The molecule has 10 rings (SSSR count). The lowest BCUT2D eigenvalue weighted by Crippen LogP contribution is -2.18. The van der Waals surface area contributed by atoms with Crippen LogP contribution in [0.3, 0.4) is 0 Å². The first-order valence-electron chi connectivity index (χ1n) is 17.5. The maximum Gasteiger partial charge on any atom is 0.240 e. The summed E-state index contributed by atoms with van der Waals surface area (Å²) in [7, 11) is 0. The van der Waals surface area contributed by atoms with Crippen LogP contribution < -0.4 is 4.90 Å². The fourth-order valence-corrected chi connectivity index (χ4v) is 7.58. The number of para-hydroxylation sites is 5. The van der Waals surface area contributed by atoms with Gasteiger partial charge < -0.3 is 4.90 Å². The molecule has 1 aliphatic rings. The molecule has 246 valence electrons. The Kier molecular flexibility index (Phi) is 6.93. The third-order valence-electron chi connectivity index (χ3n) is 9.98. The smallest absolute Gasteiger partial charge is 0.240 e. The van der Waals surface area contributed by atoms with E-state index in [9.17, 15) is 0 Å². The first kappa shape index (κ1) is 29.8. The van der Waals surface area contributed by atoms with Crippen LogP contribution in [0.15, 0.2) is 176 Å². The van der Waals surface area contributed by atoms with Crippen molar-refractivity contribution in [1.29, 1.82) is 0 Å². The van der Waals surface area contributed by atoms with Crippen molar-refractivity contribution in [3.63, 3.8) is 0 Å². The Morgan fingerprint density at radius 2 is 0.962 bits per heavy atom. The molecule has 0 unspecified atom stereocenters. The van der Waals surface area contributed by atoms with Crippen LogP contribution in [0.1, 0.15) is 5.56 Å². The number of rotatable bonds is 4. The molecule has 0 atom stereocenters. The lowest BCUT2D eigenvalue weighted by molar-refractivity contribution is 0.893. The molecule has 0 saturated carbocycles. The molecule has 6 aromatic carbocycles. The number of hydrogen-bond donors (Lipinski definition) is 0. The highest BCUT2D eigenvalue weighted by Gasteiger charge is 2.21. The van der Waals surface area contributed by atoms with Crippen LogP contribution in [0.5, 0.6) is 0 Å². The minimum atomic E-state index is 0.563. The Bertz CT molecular complexity index is 2670. The van der Waals surface area contributed by atoms with Gasteiger partial charge in [0.1, 0.15) is 0 Å². The van der Waals surface area contributed by atoms with Crippen LogP contribution in [0.25, 0.3) is 72.5 Å².